The lowest BCUT2D eigenvalue weighted by molar-refractivity contribution is -0.159. The van der Waals surface area contributed by atoms with Crippen molar-refractivity contribution >= 4 is 34.6 Å². The van der Waals surface area contributed by atoms with Crippen LogP contribution in [0, 0.1) is 0 Å². The number of nitrogens with zero attached hydrogens (tertiary/aromatic N) is 2. The Kier molecular flexibility index (Phi) is 8.94. The van der Waals surface area contributed by atoms with E-state index in [1.807, 2.05) is 11.8 Å². The van der Waals surface area contributed by atoms with E-state index < -0.39 is 11.9 Å². The van der Waals surface area contributed by atoms with E-state index in [1.165, 1.54) is 22.4 Å². The summed E-state index contributed by atoms with van der Waals surface area (Å²) in [5, 5.41) is 17.2. The number of carboxylic acids is 2. The third kappa shape index (κ3) is 7.53. The molecule has 0 fully saturated rings. The lowest BCUT2D eigenvalue weighted by Crippen LogP contribution is -2.15. The zero-order chi connectivity index (χ0) is 18.8. The highest BCUT2D eigenvalue weighted by Gasteiger charge is 2.07. The largest absolute Gasteiger partial charge is 0.473 e. The number of thioether (sulfide) groups is 1. The van der Waals surface area contributed by atoms with E-state index in [4.69, 9.17) is 24.8 Å². The summed E-state index contributed by atoms with van der Waals surface area (Å²) in [6, 6.07) is 10.7. The molecule has 0 aliphatic carbocycles. The number of aliphatic carboxylic acids is 2. The SMILES string of the molecule is CCCc1cc2ccccc2nc1SCCN(C)C.O=C(O)C(=O)O. The fourth-order valence-corrected chi connectivity index (χ4v) is 3.20. The molecular formula is C18H24N2O4S. The number of pyridine rings is 1. The molecule has 0 radical (unpaired) electrons. The second-order valence-electron chi connectivity index (χ2n) is 5.66. The number of fused-ring (bicyclic) bond motifs is 1. The highest BCUT2D eigenvalue weighted by Crippen LogP contribution is 2.26. The van der Waals surface area contributed by atoms with E-state index in [-0.39, 0.29) is 0 Å². The normalized spacial score (nSPS) is 10.4. The minimum Gasteiger partial charge on any atom is -0.473 e. The predicted molar refractivity (Wildman–Crippen MR) is 100 cm³/mol. The predicted octanol–water partition coefficient (Wildman–Crippen LogP) is 3.00. The maximum Gasteiger partial charge on any atom is 0.414 e. The molecule has 0 amide bonds. The number of rotatable bonds is 6. The van der Waals surface area contributed by atoms with Crippen molar-refractivity contribution < 1.29 is 19.8 Å². The quantitative estimate of drug-likeness (QED) is 0.601. The monoisotopic (exact) mass is 364 g/mol. The van der Waals surface area contributed by atoms with Gasteiger partial charge in [-0.15, -0.1) is 11.8 Å². The second kappa shape index (κ2) is 10.7. The summed E-state index contributed by atoms with van der Waals surface area (Å²) in [6.07, 6.45) is 2.28. The molecule has 1 aromatic heterocycles. The molecule has 25 heavy (non-hydrogen) atoms. The van der Waals surface area contributed by atoms with Crippen LogP contribution in [0.2, 0.25) is 0 Å². The van der Waals surface area contributed by atoms with E-state index in [9.17, 15) is 0 Å². The highest BCUT2D eigenvalue weighted by atomic mass is 32.2. The molecule has 2 rings (SSSR count). The fourth-order valence-electron chi connectivity index (χ4n) is 2.04. The van der Waals surface area contributed by atoms with Crippen LogP contribution < -0.4 is 0 Å². The van der Waals surface area contributed by atoms with Gasteiger partial charge in [0.05, 0.1) is 10.5 Å². The van der Waals surface area contributed by atoms with Crippen molar-refractivity contribution in [2.24, 2.45) is 0 Å². The van der Waals surface area contributed by atoms with Crippen LogP contribution in [0.4, 0.5) is 0 Å². The molecule has 0 aliphatic heterocycles. The van der Waals surface area contributed by atoms with E-state index >= 15 is 0 Å². The number of hydrogen-bond donors (Lipinski definition) is 2. The molecule has 0 aliphatic rings. The van der Waals surface area contributed by atoms with Crippen molar-refractivity contribution in [3.8, 4) is 0 Å². The van der Waals surface area contributed by atoms with Gasteiger partial charge in [-0.2, -0.15) is 0 Å². The Bertz CT molecular complexity index is 707. The van der Waals surface area contributed by atoms with Gasteiger partial charge in [0.1, 0.15) is 0 Å². The lowest BCUT2D eigenvalue weighted by atomic mass is 10.1. The average Bonchev–Trinajstić information content (AvgIpc) is 2.55. The molecule has 0 atom stereocenters. The summed E-state index contributed by atoms with van der Waals surface area (Å²) < 4.78 is 0. The Morgan fingerprint density at radius 3 is 2.36 bits per heavy atom. The van der Waals surface area contributed by atoms with Crippen LogP contribution in [0.15, 0.2) is 35.4 Å². The second-order valence-corrected chi connectivity index (χ2v) is 6.74. The Hall–Kier alpha value is -2.12. The first-order valence-electron chi connectivity index (χ1n) is 7.97. The minimum atomic E-state index is -1.82. The molecule has 0 spiro atoms. The number of benzene rings is 1. The van der Waals surface area contributed by atoms with Gasteiger partial charge >= 0.3 is 11.9 Å². The van der Waals surface area contributed by atoms with Gasteiger partial charge < -0.3 is 15.1 Å². The summed E-state index contributed by atoms with van der Waals surface area (Å²) >= 11 is 1.88. The van der Waals surface area contributed by atoms with Crippen molar-refractivity contribution in [1.29, 1.82) is 0 Å². The molecule has 6 nitrogen and oxygen atoms in total. The molecule has 0 unspecified atom stereocenters. The van der Waals surface area contributed by atoms with E-state index in [1.54, 1.807) is 0 Å². The van der Waals surface area contributed by atoms with Crippen molar-refractivity contribution in [3.63, 3.8) is 0 Å². The van der Waals surface area contributed by atoms with Gasteiger partial charge in [0, 0.05) is 17.7 Å². The van der Waals surface area contributed by atoms with Crippen LogP contribution in [0.1, 0.15) is 18.9 Å². The molecule has 0 saturated carbocycles. The number of carbonyl (C=O) groups is 2. The lowest BCUT2D eigenvalue weighted by Gasteiger charge is -2.12. The molecule has 0 saturated heterocycles. The summed E-state index contributed by atoms with van der Waals surface area (Å²) in [5.74, 6) is -2.56. The first-order valence-corrected chi connectivity index (χ1v) is 8.96. The van der Waals surface area contributed by atoms with Crippen LogP contribution in [-0.2, 0) is 16.0 Å². The number of hydrogen-bond acceptors (Lipinski definition) is 5. The van der Waals surface area contributed by atoms with E-state index in [0.717, 1.165) is 24.2 Å². The molecular weight excluding hydrogens is 340 g/mol. The fraction of sp³-hybridized carbons (Fsp3) is 0.389. The van der Waals surface area contributed by atoms with Gasteiger partial charge in [0.25, 0.3) is 0 Å². The van der Waals surface area contributed by atoms with Crippen molar-refractivity contribution in [3.05, 3.63) is 35.9 Å². The zero-order valence-corrected chi connectivity index (χ0v) is 15.5. The molecule has 2 aromatic rings. The molecule has 136 valence electrons. The highest BCUT2D eigenvalue weighted by molar-refractivity contribution is 7.99. The van der Waals surface area contributed by atoms with E-state index in [2.05, 4.69) is 56.3 Å². The Balaban J connectivity index is 0.000000450. The number of carboxylic acid groups (broad SMARTS) is 2. The van der Waals surface area contributed by atoms with Crippen LogP contribution >= 0.6 is 11.8 Å². The third-order valence-electron chi connectivity index (χ3n) is 3.24. The summed E-state index contributed by atoms with van der Waals surface area (Å²) in [7, 11) is 4.22. The smallest absolute Gasteiger partial charge is 0.414 e. The topological polar surface area (TPSA) is 90.7 Å². The van der Waals surface area contributed by atoms with Gasteiger partial charge in [-0.1, -0.05) is 31.5 Å². The van der Waals surface area contributed by atoms with Crippen LogP contribution in [0.25, 0.3) is 10.9 Å². The van der Waals surface area contributed by atoms with Gasteiger partial charge in [-0.3, -0.25) is 0 Å². The number of aryl methyl sites for hydroxylation is 1. The maximum atomic E-state index is 9.10. The van der Waals surface area contributed by atoms with Gasteiger partial charge in [0.15, 0.2) is 0 Å². The molecule has 0 bridgehead atoms. The molecule has 1 aromatic carbocycles. The zero-order valence-electron chi connectivity index (χ0n) is 14.7. The molecule has 7 heteroatoms. The summed E-state index contributed by atoms with van der Waals surface area (Å²) in [5.41, 5.74) is 2.50. The van der Waals surface area contributed by atoms with Crippen LogP contribution in [0.3, 0.4) is 0 Å². The average molecular weight is 364 g/mol. The summed E-state index contributed by atoms with van der Waals surface area (Å²) in [6.45, 7) is 3.31. The first-order chi connectivity index (χ1) is 11.8. The Labute approximate surface area is 151 Å². The van der Waals surface area contributed by atoms with Gasteiger partial charge in [-0.25, -0.2) is 14.6 Å². The van der Waals surface area contributed by atoms with Crippen LogP contribution in [0.5, 0.6) is 0 Å². The Morgan fingerprint density at radius 1 is 1.16 bits per heavy atom. The third-order valence-corrected chi connectivity index (χ3v) is 4.26. The van der Waals surface area contributed by atoms with Gasteiger partial charge in [-0.05, 0) is 38.2 Å². The van der Waals surface area contributed by atoms with E-state index in [0.29, 0.717) is 0 Å². The summed E-state index contributed by atoms with van der Waals surface area (Å²) in [4.78, 5) is 25.2. The molecule has 1 heterocycles. The van der Waals surface area contributed by atoms with Crippen molar-refractivity contribution in [1.82, 2.24) is 9.88 Å². The number of para-hydroxylation sites is 1. The van der Waals surface area contributed by atoms with Crippen LogP contribution in [-0.4, -0.2) is 58.4 Å². The molecule has 2 N–H and O–H groups in total. The minimum absolute atomic E-state index is 1.09. The van der Waals surface area contributed by atoms with Crippen molar-refractivity contribution in [2.75, 3.05) is 26.4 Å². The Morgan fingerprint density at radius 2 is 1.80 bits per heavy atom. The first kappa shape index (κ1) is 20.9. The van der Waals surface area contributed by atoms with Gasteiger partial charge in [0.2, 0.25) is 0 Å². The van der Waals surface area contributed by atoms with Crippen molar-refractivity contribution in [2.45, 2.75) is 24.8 Å². The maximum absolute atomic E-state index is 9.10. The standard InChI is InChI=1S/C16H22N2S.C2H2O4/c1-4-7-14-12-13-8-5-6-9-15(13)17-16(14)19-11-10-18(2)3;3-1(4)2(5)6/h5-6,8-9,12H,4,7,10-11H2,1-3H3;(H,3,4)(H,5,6). The number of aromatic nitrogens is 1.